The van der Waals surface area contributed by atoms with Gasteiger partial charge < -0.3 is 0 Å². The molecule has 0 aliphatic rings. The van der Waals surface area contributed by atoms with Crippen molar-refractivity contribution in [3.63, 3.8) is 0 Å². The highest BCUT2D eigenvalue weighted by atomic mass is 35.5. The van der Waals surface area contributed by atoms with Crippen LogP contribution in [0.4, 0.5) is 0 Å². The SMILES string of the molecule is [C-]#[N+]C(C)(C)Cl. The van der Waals surface area contributed by atoms with Crippen LogP contribution in [0.5, 0.6) is 0 Å². The summed E-state index contributed by atoms with van der Waals surface area (Å²) in [6.07, 6.45) is 0. The molecule has 2 heteroatoms. The maximum Gasteiger partial charge on any atom is 0.300 e. The highest BCUT2D eigenvalue weighted by Gasteiger charge is 2.14. The zero-order valence-electron chi connectivity index (χ0n) is 3.83. The highest BCUT2D eigenvalue weighted by Crippen LogP contribution is 2.12. The Morgan fingerprint density at radius 3 is 1.83 bits per heavy atom. The van der Waals surface area contributed by atoms with Crippen molar-refractivity contribution in [2.75, 3.05) is 0 Å². The van der Waals surface area contributed by atoms with Crippen molar-refractivity contribution < 1.29 is 0 Å². The molecule has 0 spiro atoms. The van der Waals surface area contributed by atoms with Gasteiger partial charge >= 0.3 is 0 Å². The first kappa shape index (κ1) is 5.78. The Morgan fingerprint density at radius 1 is 1.67 bits per heavy atom. The van der Waals surface area contributed by atoms with Crippen molar-refractivity contribution in [2.24, 2.45) is 0 Å². The quantitative estimate of drug-likeness (QED) is 0.251. The lowest BCUT2D eigenvalue weighted by atomic mass is 10.4. The second-order valence-corrected chi connectivity index (χ2v) is 2.45. The monoisotopic (exact) mass is 103 g/mol. The molecule has 0 aromatic carbocycles. The molecule has 0 radical (unpaired) electrons. The van der Waals surface area contributed by atoms with Gasteiger partial charge in [-0.3, -0.25) is 4.85 Å². The molecule has 0 atom stereocenters. The zero-order valence-corrected chi connectivity index (χ0v) is 4.58. The molecule has 0 fully saturated rings. The van der Waals surface area contributed by atoms with Crippen molar-refractivity contribution >= 4 is 11.6 Å². The molecule has 0 rings (SSSR count). The molecule has 0 unspecified atom stereocenters. The molecular weight excluding hydrogens is 97.5 g/mol. The van der Waals surface area contributed by atoms with E-state index in [1.54, 1.807) is 13.8 Å². The molecule has 0 aromatic rings. The fraction of sp³-hybridized carbons (Fsp3) is 0.750. The van der Waals surface area contributed by atoms with E-state index in [4.69, 9.17) is 18.2 Å². The fourth-order valence-corrected chi connectivity index (χ4v) is 0. The molecule has 0 N–H and O–H groups in total. The Balaban J connectivity index is 3.55. The van der Waals surface area contributed by atoms with Crippen LogP contribution < -0.4 is 0 Å². The van der Waals surface area contributed by atoms with Crippen LogP contribution in [0.25, 0.3) is 4.85 Å². The van der Waals surface area contributed by atoms with Crippen LogP contribution in [0.2, 0.25) is 0 Å². The van der Waals surface area contributed by atoms with Gasteiger partial charge in [0.2, 0.25) is 0 Å². The summed E-state index contributed by atoms with van der Waals surface area (Å²) in [6, 6.07) is 0. The molecule has 0 bridgehead atoms. The minimum absolute atomic E-state index is 0.694. The Bertz CT molecular complexity index is 74.5. The van der Waals surface area contributed by atoms with Crippen molar-refractivity contribution in [1.82, 2.24) is 0 Å². The standard InChI is InChI=1S/C4H6ClN/c1-4(2,5)6-3/h1-2H3. The van der Waals surface area contributed by atoms with Gasteiger partial charge in [-0.25, -0.2) is 6.57 Å². The molecule has 0 saturated carbocycles. The Labute approximate surface area is 42.7 Å². The van der Waals surface area contributed by atoms with Gasteiger partial charge in [-0.2, -0.15) is 0 Å². The first-order chi connectivity index (χ1) is 2.56. The number of rotatable bonds is 0. The smallest absolute Gasteiger partial charge is 0.293 e. The summed E-state index contributed by atoms with van der Waals surface area (Å²) in [5.41, 5.74) is 0. The summed E-state index contributed by atoms with van der Waals surface area (Å²) in [4.78, 5) is 2.34. The molecule has 0 amide bonds. The van der Waals surface area contributed by atoms with E-state index < -0.39 is 5.00 Å². The van der Waals surface area contributed by atoms with Gasteiger partial charge in [-0.15, -0.1) is 0 Å². The minimum Gasteiger partial charge on any atom is -0.293 e. The van der Waals surface area contributed by atoms with Crippen molar-refractivity contribution in [3.8, 4) is 0 Å². The molecule has 34 valence electrons. The van der Waals surface area contributed by atoms with Gasteiger partial charge in [-0.05, 0) is 11.6 Å². The van der Waals surface area contributed by atoms with Crippen LogP contribution in [0.3, 0.4) is 0 Å². The molecular formula is C4H6ClN. The summed E-state index contributed by atoms with van der Waals surface area (Å²) < 4.78 is 0. The maximum absolute atomic E-state index is 6.35. The van der Waals surface area contributed by atoms with Crippen LogP contribution in [0.15, 0.2) is 0 Å². The molecule has 0 heterocycles. The molecule has 0 aliphatic heterocycles. The van der Waals surface area contributed by atoms with E-state index in [2.05, 4.69) is 4.85 Å². The van der Waals surface area contributed by atoms with Gasteiger partial charge in [0, 0.05) is 13.8 Å². The van der Waals surface area contributed by atoms with E-state index in [0.29, 0.717) is 0 Å². The number of hydrogen-bond donors (Lipinski definition) is 0. The third-order valence-electron chi connectivity index (χ3n) is 0.266. The van der Waals surface area contributed by atoms with Crippen molar-refractivity contribution in [3.05, 3.63) is 11.4 Å². The predicted molar refractivity (Wildman–Crippen MR) is 26.5 cm³/mol. The van der Waals surface area contributed by atoms with E-state index in [9.17, 15) is 0 Å². The second-order valence-electron chi connectivity index (χ2n) is 1.52. The zero-order chi connectivity index (χ0) is 5.21. The Morgan fingerprint density at radius 2 is 1.83 bits per heavy atom. The molecule has 0 aliphatic carbocycles. The first-order valence-electron chi connectivity index (χ1n) is 1.64. The van der Waals surface area contributed by atoms with Gasteiger partial charge in [-0.1, -0.05) is 0 Å². The Hall–Kier alpha value is -0.220. The number of hydrogen-bond acceptors (Lipinski definition) is 0. The lowest BCUT2D eigenvalue weighted by Crippen LogP contribution is -1.99. The average molecular weight is 104 g/mol. The number of alkyl halides is 1. The fourth-order valence-electron chi connectivity index (χ4n) is 0. The normalized spacial score (nSPS) is 10.3. The van der Waals surface area contributed by atoms with Gasteiger partial charge in [0.1, 0.15) is 0 Å². The van der Waals surface area contributed by atoms with Crippen molar-refractivity contribution in [1.29, 1.82) is 0 Å². The van der Waals surface area contributed by atoms with Crippen LogP contribution in [0, 0.1) is 6.57 Å². The minimum atomic E-state index is -0.694. The number of halogens is 1. The van der Waals surface area contributed by atoms with Gasteiger partial charge in [0.05, 0.1) is 0 Å². The summed E-state index contributed by atoms with van der Waals surface area (Å²) >= 11 is 5.36. The first-order valence-corrected chi connectivity index (χ1v) is 2.01. The topological polar surface area (TPSA) is 4.36 Å². The van der Waals surface area contributed by atoms with Crippen LogP contribution in [-0.4, -0.2) is 5.00 Å². The van der Waals surface area contributed by atoms with Crippen LogP contribution >= 0.6 is 11.6 Å². The summed E-state index contributed by atoms with van der Waals surface area (Å²) in [7, 11) is 0. The molecule has 0 aromatic heterocycles. The third-order valence-corrected chi connectivity index (χ3v) is 0.350. The summed E-state index contributed by atoms with van der Waals surface area (Å²) in [5.74, 6) is 0. The second kappa shape index (κ2) is 1.49. The van der Waals surface area contributed by atoms with E-state index in [-0.39, 0.29) is 0 Å². The molecule has 6 heavy (non-hydrogen) atoms. The third kappa shape index (κ3) is 3.78. The van der Waals surface area contributed by atoms with Gasteiger partial charge in [0.15, 0.2) is 0 Å². The number of nitrogens with zero attached hydrogens (tertiary/aromatic N) is 1. The highest BCUT2D eigenvalue weighted by molar-refractivity contribution is 6.24. The average Bonchev–Trinajstić information content (AvgIpc) is 1.35. The van der Waals surface area contributed by atoms with Crippen molar-refractivity contribution in [2.45, 2.75) is 18.8 Å². The Kier molecular flexibility index (Phi) is 1.43. The maximum atomic E-state index is 6.35. The molecule has 1 nitrogen and oxygen atoms in total. The predicted octanol–water partition coefficient (Wildman–Crippen LogP) is 1.88. The summed E-state index contributed by atoms with van der Waals surface area (Å²) in [5, 5.41) is 0. The molecule has 0 saturated heterocycles. The van der Waals surface area contributed by atoms with E-state index in [0.717, 1.165) is 0 Å². The summed E-state index contributed by atoms with van der Waals surface area (Å²) in [6.45, 7) is 9.66. The lowest BCUT2D eigenvalue weighted by molar-refractivity contribution is 0.876. The van der Waals surface area contributed by atoms with Gasteiger partial charge in [0.25, 0.3) is 5.00 Å². The van der Waals surface area contributed by atoms with Crippen LogP contribution in [0.1, 0.15) is 13.8 Å². The largest absolute Gasteiger partial charge is 0.300 e. The van der Waals surface area contributed by atoms with E-state index in [1.807, 2.05) is 0 Å². The van der Waals surface area contributed by atoms with E-state index in [1.165, 1.54) is 0 Å². The van der Waals surface area contributed by atoms with E-state index >= 15 is 0 Å². The van der Waals surface area contributed by atoms with Crippen LogP contribution in [-0.2, 0) is 0 Å². The lowest BCUT2D eigenvalue weighted by Gasteiger charge is -1.93.